The predicted molar refractivity (Wildman–Crippen MR) is 69.5 cm³/mol. The van der Waals surface area contributed by atoms with E-state index in [9.17, 15) is 0 Å². The number of thioether (sulfide) groups is 1. The molecular formula is C11H23N3S. The van der Waals surface area contributed by atoms with Crippen LogP contribution in [0, 0.1) is 0 Å². The molecule has 2 N–H and O–H groups in total. The van der Waals surface area contributed by atoms with Crippen LogP contribution in [-0.4, -0.2) is 41.5 Å². The van der Waals surface area contributed by atoms with Crippen molar-refractivity contribution in [3.05, 3.63) is 0 Å². The van der Waals surface area contributed by atoms with Gasteiger partial charge in [0, 0.05) is 17.8 Å². The number of rotatable bonds is 3. The summed E-state index contributed by atoms with van der Waals surface area (Å²) in [6.07, 6.45) is 5.96. The molecule has 0 bridgehead atoms. The van der Waals surface area contributed by atoms with Crippen LogP contribution in [0.25, 0.3) is 0 Å². The van der Waals surface area contributed by atoms with Gasteiger partial charge in [0.15, 0.2) is 5.96 Å². The van der Waals surface area contributed by atoms with Gasteiger partial charge in [0.1, 0.15) is 0 Å². The Balaban J connectivity index is 2.44. The maximum absolute atomic E-state index is 5.98. The lowest BCUT2D eigenvalue weighted by Crippen LogP contribution is -2.41. The molecule has 1 heterocycles. The minimum atomic E-state index is 0.195. The average Bonchev–Trinajstić information content (AvgIpc) is 2.27. The molecule has 3 nitrogen and oxygen atoms in total. The summed E-state index contributed by atoms with van der Waals surface area (Å²) in [7, 11) is 0. The van der Waals surface area contributed by atoms with Crippen molar-refractivity contribution in [1.29, 1.82) is 0 Å². The summed E-state index contributed by atoms with van der Waals surface area (Å²) in [6.45, 7) is 7.36. The summed E-state index contributed by atoms with van der Waals surface area (Å²) in [5.74, 6) is 0.733. The zero-order valence-electron chi connectivity index (χ0n) is 10.1. The van der Waals surface area contributed by atoms with Crippen LogP contribution in [0.5, 0.6) is 0 Å². The average molecular weight is 229 g/mol. The fourth-order valence-corrected chi connectivity index (χ4v) is 1.75. The van der Waals surface area contributed by atoms with Crippen LogP contribution in [0.1, 0.15) is 33.1 Å². The molecule has 1 saturated heterocycles. The molecule has 1 fully saturated rings. The second-order valence-electron chi connectivity index (χ2n) is 4.69. The highest BCUT2D eigenvalue weighted by Crippen LogP contribution is 2.21. The summed E-state index contributed by atoms with van der Waals surface area (Å²) in [4.78, 5) is 6.70. The molecule has 0 atom stereocenters. The van der Waals surface area contributed by atoms with Crippen molar-refractivity contribution in [2.45, 2.75) is 37.9 Å². The Bertz CT molecular complexity index is 220. The molecule has 88 valence electrons. The Morgan fingerprint density at radius 1 is 1.33 bits per heavy atom. The fourth-order valence-electron chi connectivity index (χ4n) is 1.56. The minimum absolute atomic E-state index is 0.195. The molecule has 0 aromatic rings. The van der Waals surface area contributed by atoms with Gasteiger partial charge in [-0.15, -0.1) is 0 Å². The molecule has 0 unspecified atom stereocenters. The number of nitrogens with zero attached hydrogens (tertiary/aromatic N) is 2. The molecule has 15 heavy (non-hydrogen) atoms. The van der Waals surface area contributed by atoms with Gasteiger partial charge in [-0.2, -0.15) is 11.8 Å². The Morgan fingerprint density at radius 2 is 1.93 bits per heavy atom. The summed E-state index contributed by atoms with van der Waals surface area (Å²) in [5.41, 5.74) is 5.98. The lowest BCUT2D eigenvalue weighted by atomic mass is 10.1. The lowest BCUT2D eigenvalue weighted by Gasteiger charge is -2.28. The van der Waals surface area contributed by atoms with Gasteiger partial charge < -0.3 is 10.6 Å². The van der Waals surface area contributed by atoms with Gasteiger partial charge >= 0.3 is 0 Å². The standard InChI is InChI=1S/C11H23N3S/c1-11(2,15-3)9-13-10(12)14-7-5-4-6-8-14/h4-9H2,1-3H3,(H2,12,13). The summed E-state index contributed by atoms with van der Waals surface area (Å²) in [6, 6.07) is 0. The van der Waals surface area contributed by atoms with E-state index < -0.39 is 0 Å². The smallest absolute Gasteiger partial charge is 0.191 e. The Hall–Kier alpha value is -0.380. The molecule has 0 aromatic carbocycles. The van der Waals surface area contributed by atoms with E-state index in [1.54, 1.807) is 0 Å². The molecular weight excluding hydrogens is 206 g/mol. The predicted octanol–water partition coefficient (Wildman–Crippen LogP) is 1.93. The number of likely N-dealkylation sites (tertiary alicyclic amines) is 1. The zero-order chi connectivity index (χ0) is 11.3. The number of nitrogens with two attached hydrogens (primary N) is 1. The number of guanidine groups is 1. The van der Waals surface area contributed by atoms with Gasteiger partial charge in [0.2, 0.25) is 0 Å². The fraction of sp³-hybridized carbons (Fsp3) is 0.909. The van der Waals surface area contributed by atoms with Crippen LogP contribution in [0.2, 0.25) is 0 Å². The first-order chi connectivity index (χ1) is 7.05. The van der Waals surface area contributed by atoms with Crippen LogP contribution in [0.15, 0.2) is 4.99 Å². The molecule has 1 aliphatic rings. The number of piperidine rings is 1. The van der Waals surface area contributed by atoms with Gasteiger partial charge in [-0.1, -0.05) is 0 Å². The third-order valence-corrected chi connectivity index (χ3v) is 4.09. The third-order valence-electron chi connectivity index (χ3n) is 2.85. The first-order valence-electron chi connectivity index (χ1n) is 5.65. The first-order valence-corrected chi connectivity index (χ1v) is 6.88. The second kappa shape index (κ2) is 5.64. The van der Waals surface area contributed by atoms with E-state index in [1.807, 2.05) is 11.8 Å². The maximum atomic E-state index is 5.98. The quantitative estimate of drug-likeness (QED) is 0.594. The largest absolute Gasteiger partial charge is 0.370 e. The zero-order valence-corrected chi connectivity index (χ0v) is 10.9. The maximum Gasteiger partial charge on any atom is 0.191 e. The molecule has 0 aliphatic carbocycles. The van der Waals surface area contributed by atoms with E-state index in [0.29, 0.717) is 0 Å². The molecule has 0 spiro atoms. The van der Waals surface area contributed by atoms with Crippen molar-refractivity contribution < 1.29 is 0 Å². The minimum Gasteiger partial charge on any atom is -0.370 e. The molecule has 0 aromatic heterocycles. The number of hydrogen-bond acceptors (Lipinski definition) is 2. The van der Waals surface area contributed by atoms with Gasteiger partial charge in [-0.25, -0.2) is 0 Å². The van der Waals surface area contributed by atoms with Gasteiger partial charge in [-0.3, -0.25) is 4.99 Å². The van der Waals surface area contributed by atoms with Crippen molar-refractivity contribution in [2.75, 3.05) is 25.9 Å². The Labute approximate surface area is 97.5 Å². The van der Waals surface area contributed by atoms with E-state index in [1.165, 1.54) is 19.3 Å². The van der Waals surface area contributed by atoms with Crippen molar-refractivity contribution >= 4 is 17.7 Å². The van der Waals surface area contributed by atoms with E-state index in [4.69, 9.17) is 5.73 Å². The van der Waals surface area contributed by atoms with Crippen LogP contribution >= 0.6 is 11.8 Å². The molecule has 0 amide bonds. The van der Waals surface area contributed by atoms with Gasteiger partial charge in [0.05, 0.1) is 6.54 Å². The highest BCUT2D eigenvalue weighted by molar-refractivity contribution is 7.99. The van der Waals surface area contributed by atoms with Crippen LogP contribution in [-0.2, 0) is 0 Å². The molecule has 0 radical (unpaired) electrons. The van der Waals surface area contributed by atoms with Crippen molar-refractivity contribution in [2.24, 2.45) is 10.7 Å². The number of hydrogen-bond donors (Lipinski definition) is 1. The topological polar surface area (TPSA) is 41.6 Å². The summed E-state index contributed by atoms with van der Waals surface area (Å²) >= 11 is 1.83. The van der Waals surface area contributed by atoms with E-state index in [0.717, 1.165) is 25.6 Å². The Morgan fingerprint density at radius 3 is 2.47 bits per heavy atom. The van der Waals surface area contributed by atoms with Gasteiger partial charge in [-0.05, 0) is 39.4 Å². The summed E-state index contributed by atoms with van der Waals surface area (Å²) < 4.78 is 0.195. The first kappa shape index (κ1) is 12.7. The summed E-state index contributed by atoms with van der Waals surface area (Å²) in [5, 5.41) is 0. The molecule has 1 rings (SSSR count). The molecule has 1 aliphatic heterocycles. The Kier molecular flexibility index (Phi) is 4.77. The second-order valence-corrected chi connectivity index (χ2v) is 6.20. The molecule has 0 saturated carbocycles. The van der Waals surface area contributed by atoms with Crippen molar-refractivity contribution in [3.63, 3.8) is 0 Å². The molecule has 4 heteroatoms. The van der Waals surface area contributed by atoms with Crippen molar-refractivity contribution in [1.82, 2.24) is 4.90 Å². The van der Waals surface area contributed by atoms with Crippen molar-refractivity contribution in [3.8, 4) is 0 Å². The highest BCUT2D eigenvalue weighted by atomic mass is 32.2. The van der Waals surface area contributed by atoms with Gasteiger partial charge in [0.25, 0.3) is 0 Å². The van der Waals surface area contributed by atoms with Crippen LogP contribution in [0.4, 0.5) is 0 Å². The normalized spacial score (nSPS) is 19.4. The van der Waals surface area contributed by atoms with E-state index in [2.05, 4.69) is 30.0 Å². The highest BCUT2D eigenvalue weighted by Gasteiger charge is 2.17. The van der Waals surface area contributed by atoms with E-state index in [-0.39, 0.29) is 4.75 Å². The monoisotopic (exact) mass is 229 g/mol. The van der Waals surface area contributed by atoms with E-state index >= 15 is 0 Å². The van der Waals surface area contributed by atoms with Crippen LogP contribution < -0.4 is 5.73 Å². The SMILES string of the molecule is CSC(C)(C)CN=C(N)N1CCCCC1. The lowest BCUT2D eigenvalue weighted by molar-refractivity contribution is 0.338. The number of aliphatic imine (C=N–C) groups is 1. The van der Waals surface area contributed by atoms with Crippen LogP contribution in [0.3, 0.4) is 0 Å². The third kappa shape index (κ3) is 4.33.